The molecule has 0 saturated carbocycles. The predicted octanol–water partition coefficient (Wildman–Crippen LogP) is 2.23. The molecule has 0 aliphatic carbocycles. The van der Waals surface area contributed by atoms with E-state index in [1.807, 2.05) is 6.92 Å². The first-order valence-electron chi connectivity index (χ1n) is 5.98. The van der Waals surface area contributed by atoms with E-state index in [0.717, 1.165) is 0 Å². The van der Waals surface area contributed by atoms with Crippen LogP contribution in [-0.4, -0.2) is 37.5 Å². The van der Waals surface area contributed by atoms with E-state index < -0.39 is 11.2 Å². The van der Waals surface area contributed by atoms with Gasteiger partial charge in [-0.2, -0.15) is 13.2 Å². The van der Waals surface area contributed by atoms with E-state index in [2.05, 4.69) is 10.3 Å². The molecule has 2 atom stereocenters. The summed E-state index contributed by atoms with van der Waals surface area (Å²) in [6.07, 6.45) is -3.42. The third-order valence-corrected chi connectivity index (χ3v) is 3.84. The minimum absolute atomic E-state index is 0.282. The van der Waals surface area contributed by atoms with E-state index in [4.69, 9.17) is 9.47 Å². The van der Waals surface area contributed by atoms with Crippen LogP contribution in [-0.2, 0) is 15.7 Å². The summed E-state index contributed by atoms with van der Waals surface area (Å²) < 4.78 is 48.5. The van der Waals surface area contributed by atoms with Crippen molar-refractivity contribution < 1.29 is 22.6 Å². The minimum Gasteiger partial charge on any atom is -0.376 e. The fraction of sp³-hybridized carbons (Fsp3) is 0.727. The van der Waals surface area contributed by atoms with Gasteiger partial charge in [-0.05, 0) is 6.54 Å². The van der Waals surface area contributed by atoms with Crippen molar-refractivity contribution in [3.05, 3.63) is 16.1 Å². The Balaban J connectivity index is 2.16. The number of likely N-dealkylation sites (N-methyl/N-ethyl adjacent to an activating group) is 1. The third-order valence-electron chi connectivity index (χ3n) is 2.71. The molecule has 108 valence electrons. The van der Waals surface area contributed by atoms with Gasteiger partial charge in [0.2, 0.25) is 0 Å². The molecule has 19 heavy (non-hydrogen) atoms. The number of hydrogen-bond donors (Lipinski definition) is 1. The zero-order valence-corrected chi connectivity index (χ0v) is 11.2. The number of halogens is 3. The molecule has 1 fully saturated rings. The molecule has 1 aromatic heterocycles. The molecule has 0 amide bonds. The minimum atomic E-state index is -4.40. The predicted molar refractivity (Wildman–Crippen MR) is 64.1 cm³/mol. The quantitative estimate of drug-likeness (QED) is 0.925. The molecule has 0 aromatic carbocycles. The van der Waals surface area contributed by atoms with E-state index in [1.165, 1.54) is 6.20 Å². The lowest BCUT2D eigenvalue weighted by atomic mass is 10.1. The Morgan fingerprint density at radius 1 is 1.53 bits per heavy atom. The first kappa shape index (κ1) is 14.7. The molecule has 2 heterocycles. The first-order valence-corrected chi connectivity index (χ1v) is 6.79. The Morgan fingerprint density at radius 3 is 2.84 bits per heavy atom. The largest absolute Gasteiger partial charge is 0.443 e. The molecule has 0 spiro atoms. The molecule has 0 bridgehead atoms. The summed E-state index contributed by atoms with van der Waals surface area (Å²) in [5.74, 6) is 0. The van der Waals surface area contributed by atoms with Crippen LogP contribution in [0.5, 0.6) is 0 Å². The number of aromatic nitrogens is 1. The van der Waals surface area contributed by atoms with Crippen molar-refractivity contribution in [1.82, 2.24) is 10.3 Å². The van der Waals surface area contributed by atoms with Gasteiger partial charge in [-0.15, -0.1) is 11.3 Å². The molecule has 2 unspecified atom stereocenters. The van der Waals surface area contributed by atoms with E-state index >= 15 is 0 Å². The third kappa shape index (κ3) is 3.65. The zero-order chi connectivity index (χ0) is 13.9. The van der Waals surface area contributed by atoms with Crippen LogP contribution in [0.3, 0.4) is 0 Å². The van der Waals surface area contributed by atoms with Crippen LogP contribution >= 0.6 is 11.3 Å². The molecule has 1 aliphatic heterocycles. The number of hydrogen-bond acceptors (Lipinski definition) is 5. The van der Waals surface area contributed by atoms with Crippen LogP contribution in [0.15, 0.2) is 6.20 Å². The summed E-state index contributed by atoms with van der Waals surface area (Å²) >= 11 is 0.647. The maximum atomic E-state index is 12.6. The van der Waals surface area contributed by atoms with Crippen molar-refractivity contribution in [1.29, 1.82) is 0 Å². The standard InChI is InChI=1S/C11H15F3N2O2S/c1-2-15-9(7-6-17-3-4-18-7)8-5-16-10(19-8)11(12,13)14/h5,7,9,15H,2-4,6H2,1H3. The highest BCUT2D eigenvalue weighted by atomic mass is 32.1. The molecule has 1 N–H and O–H groups in total. The molecule has 0 radical (unpaired) electrons. The average molecular weight is 296 g/mol. The summed E-state index contributed by atoms with van der Waals surface area (Å²) in [6, 6.07) is -0.320. The Labute approximate surface area is 112 Å². The number of rotatable bonds is 4. The van der Waals surface area contributed by atoms with Crippen molar-refractivity contribution in [2.45, 2.75) is 25.2 Å². The second-order valence-electron chi connectivity index (χ2n) is 4.09. The zero-order valence-electron chi connectivity index (χ0n) is 10.4. The summed E-state index contributed by atoms with van der Waals surface area (Å²) in [5, 5.41) is 2.30. The van der Waals surface area contributed by atoms with Crippen molar-refractivity contribution >= 4 is 11.3 Å². The summed E-state index contributed by atoms with van der Waals surface area (Å²) in [5.41, 5.74) is 0. The van der Waals surface area contributed by atoms with Gasteiger partial charge in [0.05, 0.1) is 25.9 Å². The van der Waals surface area contributed by atoms with Crippen molar-refractivity contribution in [3.8, 4) is 0 Å². The second kappa shape index (κ2) is 6.17. The van der Waals surface area contributed by atoms with Gasteiger partial charge in [0.15, 0.2) is 5.01 Å². The van der Waals surface area contributed by atoms with Gasteiger partial charge < -0.3 is 14.8 Å². The topological polar surface area (TPSA) is 43.4 Å². The van der Waals surface area contributed by atoms with E-state index in [9.17, 15) is 13.2 Å². The Bertz CT molecular complexity index is 405. The van der Waals surface area contributed by atoms with Crippen LogP contribution in [0, 0.1) is 0 Å². The molecule has 4 nitrogen and oxygen atoms in total. The number of thiazole rings is 1. The smallest absolute Gasteiger partial charge is 0.376 e. The van der Waals surface area contributed by atoms with Crippen molar-refractivity contribution in [3.63, 3.8) is 0 Å². The Hall–Kier alpha value is -0.700. The SMILES string of the molecule is CCNC(c1cnc(C(F)(F)F)s1)C1COCCO1. The maximum Gasteiger partial charge on any atom is 0.443 e. The monoisotopic (exact) mass is 296 g/mol. The second-order valence-corrected chi connectivity index (χ2v) is 5.15. The molecule has 1 aliphatic rings. The lowest BCUT2D eigenvalue weighted by Crippen LogP contribution is -2.40. The van der Waals surface area contributed by atoms with Gasteiger partial charge in [0.25, 0.3) is 0 Å². The van der Waals surface area contributed by atoms with E-state index in [-0.39, 0.29) is 12.1 Å². The van der Waals surface area contributed by atoms with Gasteiger partial charge in [0.1, 0.15) is 6.10 Å². The molecule has 1 saturated heterocycles. The highest BCUT2D eigenvalue weighted by molar-refractivity contribution is 7.11. The summed E-state index contributed by atoms with van der Waals surface area (Å²) in [4.78, 5) is 3.96. The van der Waals surface area contributed by atoms with Crippen molar-refractivity contribution in [2.24, 2.45) is 0 Å². The van der Waals surface area contributed by atoms with Crippen molar-refractivity contribution in [2.75, 3.05) is 26.4 Å². The fourth-order valence-corrected chi connectivity index (χ4v) is 2.81. The van der Waals surface area contributed by atoms with E-state index in [0.29, 0.717) is 42.6 Å². The molecule has 2 rings (SSSR count). The van der Waals surface area contributed by atoms with Crippen LogP contribution in [0.2, 0.25) is 0 Å². The van der Waals surface area contributed by atoms with Crippen LogP contribution in [0.25, 0.3) is 0 Å². The first-order chi connectivity index (χ1) is 9.02. The van der Waals surface area contributed by atoms with Gasteiger partial charge in [-0.1, -0.05) is 6.92 Å². The summed E-state index contributed by atoms with van der Waals surface area (Å²) in [7, 11) is 0. The van der Waals surface area contributed by atoms with Gasteiger partial charge in [0, 0.05) is 11.1 Å². The number of nitrogens with zero attached hydrogens (tertiary/aromatic N) is 1. The number of alkyl halides is 3. The lowest BCUT2D eigenvalue weighted by Gasteiger charge is -2.30. The summed E-state index contributed by atoms with van der Waals surface area (Å²) in [6.45, 7) is 3.87. The number of ether oxygens (including phenoxy) is 2. The highest BCUT2D eigenvalue weighted by Gasteiger charge is 2.36. The maximum absolute atomic E-state index is 12.6. The number of nitrogens with one attached hydrogen (secondary N) is 1. The van der Waals surface area contributed by atoms with Gasteiger partial charge in [-0.25, -0.2) is 4.98 Å². The Morgan fingerprint density at radius 2 is 2.32 bits per heavy atom. The van der Waals surface area contributed by atoms with Crippen LogP contribution in [0.1, 0.15) is 22.9 Å². The normalized spacial score (nSPS) is 22.4. The Kier molecular flexibility index (Phi) is 4.77. The lowest BCUT2D eigenvalue weighted by molar-refractivity contribution is -0.137. The highest BCUT2D eigenvalue weighted by Crippen LogP contribution is 2.35. The fourth-order valence-electron chi connectivity index (χ4n) is 1.90. The van der Waals surface area contributed by atoms with Crippen LogP contribution in [0.4, 0.5) is 13.2 Å². The average Bonchev–Trinajstić information content (AvgIpc) is 2.86. The molecule has 1 aromatic rings. The van der Waals surface area contributed by atoms with E-state index in [1.54, 1.807) is 0 Å². The van der Waals surface area contributed by atoms with Crippen LogP contribution < -0.4 is 5.32 Å². The molecular weight excluding hydrogens is 281 g/mol. The molecular formula is C11H15F3N2O2S. The van der Waals surface area contributed by atoms with Gasteiger partial charge in [-0.3, -0.25) is 0 Å². The van der Waals surface area contributed by atoms with Gasteiger partial charge >= 0.3 is 6.18 Å². The molecule has 8 heteroatoms.